The third-order valence-electron chi connectivity index (χ3n) is 4.94. The summed E-state index contributed by atoms with van der Waals surface area (Å²) in [5, 5.41) is 2.93. The molecule has 0 aromatic heterocycles. The van der Waals surface area contributed by atoms with E-state index in [1.165, 1.54) is 7.11 Å². The Morgan fingerprint density at radius 3 is 2.21 bits per heavy atom. The molecule has 152 valence electrons. The first-order valence-corrected chi connectivity index (χ1v) is 9.55. The molecule has 1 fully saturated rings. The summed E-state index contributed by atoms with van der Waals surface area (Å²) in [6.45, 7) is 1.74. The summed E-state index contributed by atoms with van der Waals surface area (Å²) in [5.74, 6) is 0.209. The Balaban J connectivity index is 1.42. The second-order valence-electron chi connectivity index (χ2n) is 6.89. The van der Waals surface area contributed by atoms with Gasteiger partial charge in [0.05, 0.1) is 12.7 Å². The van der Waals surface area contributed by atoms with Crippen LogP contribution in [-0.2, 0) is 4.74 Å². The summed E-state index contributed by atoms with van der Waals surface area (Å²) in [7, 11) is 1.32. The lowest BCUT2D eigenvalue weighted by atomic mass is 9.97. The van der Waals surface area contributed by atoms with Gasteiger partial charge in [-0.15, -0.1) is 0 Å². The zero-order valence-corrected chi connectivity index (χ0v) is 16.3. The third kappa shape index (κ3) is 5.57. The van der Waals surface area contributed by atoms with Gasteiger partial charge in [-0.1, -0.05) is 18.2 Å². The summed E-state index contributed by atoms with van der Waals surface area (Å²) < 4.78 is 10.0. The van der Waals surface area contributed by atoms with Crippen molar-refractivity contribution in [3.8, 4) is 5.75 Å². The minimum atomic E-state index is -0.436. The van der Waals surface area contributed by atoms with Crippen LogP contribution in [0.15, 0.2) is 54.6 Å². The lowest BCUT2D eigenvalue weighted by Crippen LogP contribution is -2.42. The first kappa shape index (κ1) is 20.4. The Hall–Kier alpha value is -3.35. The molecule has 1 aliphatic heterocycles. The minimum absolute atomic E-state index is 0.188. The molecule has 1 aliphatic rings. The van der Waals surface area contributed by atoms with Crippen LogP contribution in [0.1, 0.15) is 33.6 Å². The van der Waals surface area contributed by atoms with E-state index in [1.54, 1.807) is 41.3 Å². The van der Waals surface area contributed by atoms with Crippen LogP contribution in [0.4, 0.5) is 4.79 Å². The molecule has 2 aromatic carbocycles. The van der Waals surface area contributed by atoms with Crippen LogP contribution in [0.2, 0.25) is 0 Å². The number of carbonyl (C=O) groups excluding carboxylic acids is 3. The van der Waals surface area contributed by atoms with Crippen molar-refractivity contribution in [2.24, 2.45) is 5.92 Å². The number of piperidine rings is 1. The molecule has 7 heteroatoms. The summed E-state index contributed by atoms with van der Waals surface area (Å²) in [6, 6.07) is 15.3. The van der Waals surface area contributed by atoms with Gasteiger partial charge < -0.3 is 19.7 Å². The lowest BCUT2D eigenvalue weighted by molar-refractivity contribution is 0.0600. The highest BCUT2D eigenvalue weighted by molar-refractivity contribution is 5.96. The average Bonchev–Trinajstić information content (AvgIpc) is 2.78. The fourth-order valence-corrected chi connectivity index (χ4v) is 3.19. The quantitative estimate of drug-likeness (QED) is 0.785. The number of hydrogen-bond acceptors (Lipinski definition) is 5. The number of ether oxygens (including phenoxy) is 2. The number of likely N-dealkylation sites (tertiary alicyclic amines) is 1. The van der Waals surface area contributed by atoms with Crippen molar-refractivity contribution in [2.75, 3.05) is 26.7 Å². The number of carbonyl (C=O) groups is 3. The highest BCUT2D eigenvalue weighted by Gasteiger charge is 2.24. The smallest absolute Gasteiger partial charge is 0.415 e. The zero-order valence-electron chi connectivity index (χ0n) is 16.3. The number of amides is 2. The number of methoxy groups -OCH3 is 1. The van der Waals surface area contributed by atoms with Crippen molar-refractivity contribution in [2.45, 2.75) is 12.8 Å². The van der Waals surface area contributed by atoms with Crippen LogP contribution in [0.3, 0.4) is 0 Å². The largest absolute Gasteiger partial charge is 0.465 e. The lowest BCUT2D eigenvalue weighted by Gasteiger charge is -2.31. The molecule has 3 rings (SSSR count). The van der Waals surface area contributed by atoms with Crippen LogP contribution in [0, 0.1) is 5.92 Å². The number of rotatable bonds is 5. The Kier molecular flexibility index (Phi) is 6.84. The normalized spacial score (nSPS) is 14.2. The van der Waals surface area contributed by atoms with Crippen molar-refractivity contribution in [1.29, 1.82) is 0 Å². The highest BCUT2D eigenvalue weighted by Crippen LogP contribution is 2.19. The predicted octanol–water partition coefficient (Wildman–Crippen LogP) is 3.11. The Labute approximate surface area is 169 Å². The number of para-hydroxylation sites is 1. The first-order valence-electron chi connectivity index (χ1n) is 9.55. The molecule has 1 N–H and O–H groups in total. The van der Waals surface area contributed by atoms with E-state index >= 15 is 0 Å². The number of esters is 1. The fraction of sp³-hybridized carbons (Fsp3) is 0.318. The molecule has 1 heterocycles. The maximum absolute atomic E-state index is 12.3. The van der Waals surface area contributed by atoms with Crippen LogP contribution in [-0.4, -0.2) is 49.6 Å². The van der Waals surface area contributed by atoms with E-state index in [2.05, 4.69) is 10.1 Å². The molecule has 0 spiro atoms. The second kappa shape index (κ2) is 9.73. The maximum Gasteiger partial charge on any atom is 0.415 e. The molecule has 0 unspecified atom stereocenters. The summed E-state index contributed by atoms with van der Waals surface area (Å²) >= 11 is 0. The third-order valence-corrected chi connectivity index (χ3v) is 4.94. The zero-order chi connectivity index (χ0) is 20.6. The molecule has 0 aliphatic carbocycles. The van der Waals surface area contributed by atoms with E-state index in [-0.39, 0.29) is 12.0 Å². The van der Waals surface area contributed by atoms with Crippen LogP contribution in [0.25, 0.3) is 0 Å². The predicted molar refractivity (Wildman–Crippen MR) is 107 cm³/mol. The fourth-order valence-electron chi connectivity index (χ4n) is 3.19. The monoisotopic (exact) mass is 396 g/mol. The molecule has 29 heavy (non-hydrogen) atoms. The van der Waals surface area contributed by atoms with E-state index in [0.717, 1.165) is 12.8 Å². The van der Waals surface area contributed by atoms with Crippen molar-refractivity contribution in [3.05, 3.63) is 65.7 Å². The maximum atomic E-state index is 12.3. The molecule has 0 atom stereocenters. The van der Waals surface area contributed by atoms with Crippen LogP contribution >= 0.6 is 0 Å². The van der Waals surface area contributed by atoms with Crippen molar-refractivity contribution >= 4 is 18.0 Å². The van der Waals surface area contributed by atoms with Gasteiger partial charge in [0.15, 0.2) is 0 Å². The van der Waals surface area contributed by atoms with E-state index in [9.17, 15) is 14.4 Å². The molecule has 0 saturated carbocycles. The number of nitrogens with one attached hydrogen (secondary N) is 1. The first-order chi connectivity index (χ1) is 14.1. The van der Waals surface area contributed by atoms with E-state index in [0.29, 0.717) is 42.4 Å². The van der Waals surface area contributed by atoms with Crippen molar-refractivity contribution in [1.82, 2.24) is 10.2 Å². The molecule has 2 aromatic rings. The van der Waals surface area contributed by atoms with Gasteiger partial charge in [-0.3, -0.25) is 4.79 Å². The summed E-state index contributed by atoms with van der Waals surface area (Å²) in [4.78, 5) is 37.7. The van der Waals surface area contributed by atoms with Gasteiger partial charge in [0.2, 0.25) is 0 Å². The minimum Gasteiger partial charge on any atom is -0.465 e. The second-order valence-corrected chi connectivity index (χ2v) is 6.89. The van der Waals surface area contributed by atoms with Gasteiger partial charge in [0, 0.05) is 25.2 Å². The molecular weight excluding hydrogens is 372 g/mol. The molecular formula is C22H24N2O5. The van der Waals surface area contributed by atoms with Crippen LogP contribution in [0.5, 0.6) is 5.75 Å². The molecule has 0 radical (unpaired) electrons. The topological polar surface area (TPSA) is 84.9 Å². The Morgan fingerprint density at radius 1 is 0.966 bits per heavy atom. The number of benzene rings is 2. The summed E-state index contributed by atoms with van der Waals surface area (Å²) in [5.41, 5.74) is 0.889. The standard InChI is InChI=1S/C22H24N2O5/c1-28-21(26)18-9-7-17(8-10-18)20(25)23-15-16-11-13-24(14-12-16)22(27)29-19-5-3-2-4-6-19/h2-10,16H,11-15H2,1H3,(H,23,25). The van der Waals surface area contributed by atoms with Crippen molar-refractivity contribution < 1.29 is 23.9 Å². The van der Waals surface area contributed by atoms with E-state index in [1.807, 2.05) is 18.2 Å². The highest BCUT2D eigenvalue weighted by atomic mass is 16.6. The molecule has 1 saturated heterocycles. The number of nitrogens with zero attached hydrogens (tertiary/aromatic N) is 1. The van der Waals surface area contributed by atoms with Gasteiger partial charge in [-0.25, -0.2) is 9.59 Å². The number of hydrogen-bond donors (Lipinski definition) is 1. The van der Waals surface area contributed by atoms with Gasteiger partial charge in [0.25, 0.3) is 5.91 Å². The Bertz CT molecular complexity index is 843. The van der Waals surface area contributed by atoms with Gasteiger partial charge in [0.1, 0.15) is 5.75 Å². The van der Waals surface area contributed by atoms with Crippen LogP contribution < -0.4 is 10.1 Å². The SMILES string of the molecule is COC(=O)c1ccc(C(=O)NCC2CCN(C(=O)Oc3ccccc3)CC2)cc1. The van der Waals surface area contributed by atoms with Gasteiger partial charge in [-0.05, 0) is 55.2 Å². The molecule has 7 nitrogen and oxygen atoms in total. The average molecular weight is 396 g/mol. The molecule has 0 bridgehead atoms. The Morgan fingerprint density at radius 2 is 1.59 bits per heavy atom. The summed E-state index contributed by atoms with van der Waals surface area (Å²) in [6.07, 6.45) is 1.25. The van der Waals surface area contributed by atoms with Gasteiger partial charge >= 0.3 is 12.1 Å². The van der Waals surface area contributed by atoms with E-state index < -0.39 is 5.97 Å². The van der Waals surface area contributed by atoms with Gasteiger partial charge in [-0.2, -0.15) is 0 Å². The van der Waals surface area contributed by atoms with Crippen molar-refractivity contribution in [3.63, 3.8) is 0 Å². The molecule has 2 amide bonds. The van der Waals surface area contributed by atoms with E-state index in [4.69, 9.17) is 4.74 Å².